The van der Waals surface area contributed by atoms with Gasteiger partial charge in [-0.3, -0.25) is 4.99 Å². The van der Waals surface area contributed by atoms with E-state index in [-0.39, 0.29) is 6.04 Å². The van der Waals surface area contributed by atoms with Crippen LogP contribution in [0.3, 0.4) is 0 Å². The van der Waals surface area contributed by atoms with E-state index in [1.165, 1.54) is 0 Å². The van der Waals surface area contributed by atoms with Crippen LogP contribution in [0.4, 0.5) is 0 Å². The predicted octanol–water partition coefficient (Wildman–Crippen LogP) is -0.777. The van der Waals surface area contributed by atoms with Gasteiger partial charge in [0.05, 0.1) is 19.3 Å². The molecule has 1 heterocycles. The molecule has 0 aliphatic carbocycles. The van der Waals surface area contributed by atoms with E-state index >= 15 is 0 Å². The topological polar surface area (TPSA) is 45.7 Å². The third kappa shape index (κ3) is 2.17. The van der Waals surface area contributed by atoms with Crippen LogP contribution in [-0.2, 0) is 4.74 Å². The maximum absolute atomic E-state index is 5.28. The van der Waals surface area contributed by atoms with Crippen LogP contribution in [0.2, 0.25) is 0 Å². The Bertz CT molecular complexity index is 141. The average Bonchev–Trinajstić information content (AvgIpc) is 2.09. The van der Waals surface area contributed by atoms with Gasteiger partial charge in [0, 0.05) is 20.6 Å². The molecule has 11 heavy (non-hydrogen) atoms. The number of nitrogens with zero attached hydrogens (tertiary/aromatic N) is 1. The molecule has 0 spiro atoms. The summed E-state index contributed by atoms with van der Waals surface area (Å²) in [5.41, 5.74) is 0. The molecular weight excluding hydrogens is 142 g/mol. The summed E-state index contributed by atoms with van der Waals surface area (Å²) in [6, 6.07) is 0.249. The van der Waals surface area contributed by atoms with Gasteiger partial charge in [-0.2, -0.15) is 0 Å². The number of ether oxygens (including phenoxy) is 1. The van der Waals surface area contributed by atoms with E-state index in [4.69, 9.17) is 4.74 Å². The molecule has 0 radical (unpaired) electrons. The van der Waals surface area contributed by atoms with Crippen LogP contribution in [0.25, 0.3) is 0 Å². The van der Waals surface area contributed by atoms with Crippen molar-refractivity contribution in [2.24, 2.45) is 4.99 Å². The Morgan fingerprint density at radius 3 is 3.00 bits per heavy atom. The summed E-state index contributed by atoms with van der Waals surface area (Å²) < 4.78 is 5.28. The molecule has 0 aromatic carbocycles. The van der Waals surface area contributed by atoms with Gasteiger partial charge in [0.15, 0.2) is 0 Å². The van der Waals surface area contributed by atoms with Gasteiger partial charge in [-0.15, -0.1) is 0 Å². The summed E-state index contributed by atoms with van der Waals surface area (Å²) in [7, 11) is 3.65. The van der Waals surface area contributed by atoms with E-state index in [0.29, 0.717) is 6.61 Å². The molecule has 0 aromatic rings. The van der Waals surface area contributed by atoms with Gasteiger partial charge in [0.25, 0.3) is 0 Å². The molecule has 0 saturated carbocycles. The summed E-state index contributed by atoms with van der Waals surface area (Å²) in [5.74, 6) is 0.963. The molecule has 1 saturated heterocycles. The Hall–Kier alpha value is -0.610. The molecule has 1 aliphatic rings. The van der Waals surface area contributed by atoms with Gasteiger partial charge in [-0.05, 0) is 0 Å². The SMILES string of the molecule is CN=C(NC)C1COCCN1. The minimum atomic E-state index is 0.249. The number of hydrogen-bond donors (Lipinski definition) is 2. The number of rotatable bonds is 1. The second kappa shape index (κ2) is 4.31. The van der Waals surface area contributed by atoms with Gasteiger partial charge in [0.1, 0.15) is 5.84 Å². The van der Waals surface area contributed by atoms with E-state index in [9.17, 15) is 0 Å². The fraction of sp³-hybridized carbons (Fsp3) is 0.857. The molecule has 0 amide bonds. The number of likely N-dealkylation sites (N-methyl/N-ethyl adjacent to an activating group) is 1. The van der Waals surface area contributed by atoms with Crippen molar-refractivity contribution in [3.8, 4) is 0 Å². The van der Waals surface area contributed by atoms with Crippen LogP contribution in [0, 0.1) is 0 Å². The predicted molar refractivity (Wildman–Crippen MR) is 45.0 cm³/mol. The first-order valence-corrected chi connectivity index (χ1v) is 3.84. The number of amidine groups is 1. The van der Waals surface area contributed by atoms with Crippen molar-refractivity contribution < 1.29 is 4.74 Å². The molecule has 1 fully saturated rings. The Morgan fingerprint density at radius 2 is 2.55 bits per heavy atom. The molecule has 0 bridgehead atoms. The fourth-order valence-electron chi connectivity index (χ4n) is 1.18. The number of aliphatic imine (C=N–C) groups is 1. The lowest BCUT2D eigenvalue weighted by Crippen LogP contribution is -2.50. The molecular formula is C7H15N3O. The standard InChI is InChI=1S/C7H15N3O/c1-8-7(9-2)6-5-11-4-3-10-6/h6,10H,3-5H2,1-2H3,(H,8,9). The molecule has 2 N–H and O–H groups in total. The van der Waals surface area contributed by atoms with E-state index in [1.807, 2.05) is 7.05 Å². The van der Waals surface area contributed by atoms with E-state index in [0.717, 1.165) is 19.0 Å². The van der Waals surface area contributed by atoms with Crippen LogP contribution in [0.5, 0.6) is 0 Å². The molecule has 4 heteroatoms. The highest BCUT2D eigenvalue weighted by Crippen LogP contribution is 1.93. The number of morpholine rings is 1. The van der Waals surface area contributed by atoms with Gasteiger partial charge in [-0.1, -0.05) is 0 Å². The Kier molecular flexibility index (Phi) is 3.32. The normalized spacial score (nSPS) is 26.7. The smallest absolute Gasteiger partial charge is 0.115 e. The lowest BCUT2D eigenvalue weighted by atomic mass is 10.2. The first kappa shape index (κ1) is 8.49. The largest absolute Gasteiger partial charge is 0.378 e. The van der Waals surface area contributed by atoms with Gasteiger partial charge < -0.3 is 15.4 Å². The van der Waals surface area contributed by atoms with Crippen LogP contribution < -0.4 is 10.6 Å². The Morgan fingerprint density at radius 1 is 1.73 bits per heavy atom. The summed E-state index contributed by atoms with van der Waals surface area (Å²) in [4.78, 5) is 4.09. The van der Waals surface area contributed by atoms with Crippen LogP contribution in [-0.4, -0.2) is 45.7 Å². The van der Waals surface area contributed by atoms with E-state index in [2.05, 4.69) is 15.6 Å². The van der Waals surface area contributed by atoms with Crippen molar-refractivity contribution in [2.45, 2.75) is 6.04 Å². The zero-order valence-electron chi connectivity index (χ0n) is 7.05. The monoisotopic (exact) mass is 157 g/mol. The highest BCUT2D eigenvalue weighted by Gasteiger charge is 2.16. The second-order valence-corrected chi connectivity index (χ2v) is 2.44. The van der Waals surface area contributed by atoms with Gasteiger partial charge in [0.2, 0.25) is 0 Å². The van der Waals surface area contributed by atoms with Gasteiger partial charge in [-0.25, -0.2) is 0 Å². The van der Waals surface area contributed by atoms with Crippen molar-refractivity contribution in [2.75, 3.05) is 33.9 Å². The first-order chi connectivity index (χ1) is 5.38. The lowest BCUT2D eigenvalue weighted by Gasteiger charge is -2.24. The van der Waals surface area contributed by atoms with Crippen molar-refractivity contribution >= 4 is 5.84 Å². The maximum Gasteiger partial charge on any atom is 0.115 e. The first-order valence-electron chi connectivity index (χ1n) is 3.84. The summed E-state index contributed by atoms with van der Waals surface area (Å²) in [6.07, 6.45) is 0. The van der Waals surface area contributed by atoms with Crippen molar-refractivity contribution in [1.29, 1.82) is 0 Å². The van der Waals surface area contributed by atoms with Crippen molar-refractivity contribution in [3.63, 3.8) is 0 Å². The molecule has 64 valence electrons. The molecule has 1 aliphatic heterocycles. The maximum atomic E-state index is 5.28. The number of nitrogens with one attached hydrogen (secondary N) is 2. The Balaban J connectivity index is 2.43. The zero-order chi connectivity index (χ0) is 8.10. The highest BCUT2D eigenvalue weighted by molar-refractivity contribution is 5.87. The Labute approximate surface area is 67.0 Å². The minimum Gasteiger partial charge on any atom is -0.378 e. The molecule has 4 nitrogen and oxygen atoms in total. The molecule has 1 rings (SSSR count). The summed E-state index contributed by atoms with van der Waals surface area (Å²) in [5, 5.41) is 6.33. The van der Waals surface area contributed by atoms with E-state index in [1.54, 1.807) is 7.05 Å². The lowest BCUT2D eigenvalue weighted by molar-refractivity contribution is 0.0941. The van der Waals surface area contributed by atoms with Crippen molar-refractivity contribution in [3.05, 3.63) is 0 Å². The summed E-state index contributed by atoms with van der Waals surface area (Å²) in [6.45, 7) is 2.43. The second-order valence-electron chi connectivity index (χ2n) is 2.44. The average molecular weight is 157 g/mol. The quantitative estimate of drug-likeness (QED) is 0.388. The van der Waals surface area contributed by atoms with Crippen LogP contribution in [0.1, 0.15) is 0 Å². The van der Waals surface area contributed by atoms with Crippen LogP contribution in [0.15, 0.2) is 4.99 Å². The molecule has 1 unspecified atom stereocenters. The van der Waals surface area contributed by atoms with E-state index < -0.39 is 0 Å². The van der Waals surface area contributed by atoms with Crippen LogP contribution >= 0.6 is 0 Å². The summed E-state index contributed by atoms with van der Waals surface area (Å²) >= 11 is 0. The van der Waals surface area contributed by atoms with Gasteiger partial charge >= 0.3 is 0 Å². The third-order valence-electron chi connectivity index (χ3n) is 1.75. The molecule has 1 atom stereocenters. The highest BCUT2D eigenvalue weighted by atomic mass is 16.5. The third-order valence-corrected chi connectivity index (χ3v) is 1.75. The minimum absolute atomic E-state index is 0.249. The fourth-order valence-corrected chi connectivity index (χ4v) is 1.18. The van der Waals surface area contributed by atoms with Crippen molar-refractivity contribution in [1.82, 2.24) is 10.6 Å². The molecule has 0 aromatic heterocycles. The number of hydrogen-bond acceptors (Lipinski definition) is 3. The zero-order valence-corrected chi connectivity index (χ0v) is 7.05.